The van der Waals surface area contributed by atoms with Gasteiger partial charge >= 0.3 is 5.97 Å². The third kappa shape index (κ3) is 1.42. The molecular formula is C7H8O2. The van der Waals surface area contributed by atoms with Gasteiger partial charge in [-0.05, 0) is 12.0 Å². The molecule has 0 bridgehead atoms. The van der Waals surface area contributed by atoms with Crippen LogP contribution in [-0.4, -0.2) is 12.6 Å². The first kappa shape index (κ1) is 6.08. The van der Waals surface area contributed by atoms with Gasteiger partial charge in [-0.2, -0.15) is 0 Å². The molecule has 1 heterocycles. The summed E-state index contributed by atoms with van der Waals surface area (Å²) in [5.41, 5.74) is 1.01. The van der Waals surface area contributed by atoms with E-state index in [2.05, 4.69) is 11.3 Å². The van der Waals surface area contributed by atoms with Gasteiger partial charge in [0.05, 0.1) is 0 Å². The van der Waals surface area contributed by atoms with E-state index in [1.807, 2.05) is 0 Å². The molecular weight excluding hydrogens is 116 g/mol. The summed E-state index contributed by atoms with van der Waals surface area (Å²) in [5.74, 6) is -0.230. The van der Waals surface area contributed by atoms with E-state index >= 15 is 0 Å². The highest BCUT2D eigenvalue weighted by Gasteiger charge is 2.09. The third-order valence-corrected chi connectivity index (χ3v) is 1.13. The third-order valence-electron chi connectivity index (χ3n) is 1.13. The normalized spacial score (nSPS) is 16.9. The highest BCUT2D eigenvalue weighted by atomic mass is 16.5. The molecule has 0 aliphatic carbocycles. The average molecular weight is 124 g/mol. The van der Waals surface area contributed by atoms with E-state index in [9.17, 15) is 4.79 Å². The zero-order valence-electron chi connectivity index (χ0n) is 5.09. The summed E-state index contributed by atoms with van der Waals surface area (Å²) in [6, 6.07) is 0. The van der Waals surface area contributed by atoms with Gasteiger partial charge in [0.2, 0.25) is 0 Å². The van der Waals surface area contributed by atoms with Gasteiger partial charge in [-0.1, -0.05) is 6.08 Å². The summed E-state index contributed by atoms with van der Waals surface area (Å²) < 4.78 is 4.64. The maximum atomic E-state index is 10.4. The van der Waals surface area contributed by atoms with Crippen LogP contribution in [0.3, 0.4) is 0 Å². The molecule has 0 amide bonds. The lowest BCUT2D eigenvalue weighted by Gasteiger charge is -1.90. The van der Waals surface area contributed by atoms with Gasteiger partial charge in [0.25, 0.3) is 0 Å². The Morgan fingerprint density at radius 2 is 2.67 bits per heavy atom. The van der Waals surface area contributed by atoms with Crippen molar-refractivity contribution >= 4 is 5.97 Å². The van der Waals surface area contributed by atoms with Crippen LogP contribution >= 0.6 is 0 Å². The van der Waals surface area contributed by atoms with Crippen LogP contribution in [0.1, 0.15) is 6.42 Å². The summed E-state index contributed by atoms with van der Waals surface area (Å²) >= 11 is 0. The number of ether oxygens (including phenoxy) is 1. The Labute approximate surface area is 53.8 Å². The van der Waals surface area contributed by atoms with Crippen molar-refractivity contribution in [2.45, 2.75) is 6.42 Å². The Kier molecular flexibility index (Phi) is 1.68. The molecule has 2 heteroatoms. The van der Waals surface area contributed by atoms with Crippen LogP contribution in [0, 0.1) is 0 Å². The highest BCUT2D eigenvalue weighted by Crippen LogP contribution is 2.09. The number of carbonyl (C=O) groups is 1. The van der Waals surface area contributed by atoms with E-state index in [0.717, 1.165) is 12.0 Å². The molecule has 0 radical (unpaired) electrons. The van der Waals surface area contributed by atoms with Crippen LogP contribution in [0.15, 0.2) is 24.3 Å². The molecule has 0 saturated heterocycles. The molecule has 0 unspecified atom stereocenters. The predicted octanol–water partition coefficient (Wildman–Crippen LogP) is 1.05. The molecule has 9 heavy (non-hydrogen) atoms. The quantitative estimate of drug-likeness (QED) is 0.406. The molecule has 0 spiro atoms. The van der Waals surface area contributed by atoms with Gasteiger partial charge in [-0.3, -0.25) is 0 Å². The topological polar surface area (TPSA) is 26.3 Å². The molecule has 48 valence electrons. The molecule has 1 rings (SSSR count). The molecule has 0 saturated carbocycles. The van der Waals surface area contributed by atoms with Gasteiger partial charge in [0.15, 0.2) is 0 Å². The number of carbonyl (C=O) groups excluding carboxylic acids is 1. The molecule has 0 fully saturated rings. The minimum Gasteiger partial charge on any atom is -0.458 e. The second-order valence-corrected chi connectivity index (χ2v) is 1.90. The predicted molar refractivity (Wildman–Crippen MR) is 33.9 cm³/mol. The van der Waals surface area contributed by atoms with Crippen LogP contribution in [0.5, 0.6) is 0 Å². The minimum atomic E-state index is -0.230. The Bertz CT molecular complexity index is 168. The molecule has 0 aromatic rings. The van der Waals surface area contributed by atoms with E-state index in [1.165, 1.54) is 6.08 Å². The molecule has 0 aromatic carbocycles. The lowest BCUT2D eigenvalue weighted by Crippen LogP contribution is -1.90. The monoisotopic (exact) mass is 124 g/mol. The van der Waals surface area contributed by atoms with E-state index in [-0.39, 0.29) is 5.97 Å². The fraction of sp³-hybridized carbons (Fsp3) is 0.286. The van der Waals surface area contributed by atoms with Gasteiger partial charge in [0, 0.05) is 6.08 Å². The smallest absolute Gasteiger partial charge is 0.331 e. The molecule has 0 aromatic heterocycles. The van der Waals surface area contributed by atoms with Crippen molar-refractivity contribution < 1.29 is 9.53 Å². The van der Waals surface area contributed by atoms with Gasteiger partial charge < -0.3 is 4.74 Å². The number of esters is 1. The fourth-order valence-electron chi connectivity index (χ4n) is 0.717. The number of hydrogen-bond donors (Lipinski definition) is 0. The molecule has 0 N–H and O–H groups in total. The van der Waals surface area contributed by atoms with Crippen molar-refractivity contribution in [1.82, 2.24) is 0 Å². The van der Waals surface area contributed by atoms with Crippen molar-refractivity contribution in [3.63, 3.8) is 0 Å². The highest BCUT2D eigenvalue weighted by molar-refractivity contribution is 5.85. The summed E-state index contributed by atoms with van der Waals surface area (Å²) in [6.45, 7) is 3.99. The molecule has 1 aliphatic heterocycles. The number of hydrogen-bond acceptors (Lipinski definition) is 2. The summed E-state index contributed by atoms with van der Waals surface area (Å²) in [6.07, 6.45) is 4.03. The molecule has 2 nitrogen and oxygen atoms in total. The van der Waals surface area contributed by atoms with Crippen molar-refractivity contribution in [3.05, 3.63) is 24.3 Å². The van der Waals surface area contributed by atoms with Crippen LogP contribution in [0.2, 0.25) is 0 Å². The maximum absolute atomic E-state index is 10.4. The number of allylic oxidation sites excluding steroid dienone is 1. The average Bonchev–Trinajstić information content (AvgIpc) is 2.17. The number of cyclic esters (lactones) is 1. The fourth-order valence-corrected chi connectivity index (χ4v) is 0.717. The van der Waals surface area contributed by atoms with Crippen molar-refractivity contribution in [1.29, 1.82) is 0 Å². The van der Waals surface area contributed by atoms with Gasteiger partial charge in [-0.25, -0.2) is 4.79 Å². The van der Waals surface area contributed by atoms with E-state index in [0.29, 0.717) is 6.61 Å². The first-order chi connectivity index (χ1) is 4.33. The van der Waals surface area contributed by atoms with Gasteiger partial charge in [0.1, 0.15) is 6.61 Å². The standard InChI is InChI=1S/C7H8O2/c1-2-3-6-4-7(8)9-5-6/h2,4H,1,3,5H2. The molecule has 1 aliphatic rings. The van der Waals surface area contributed by atoms with Crippen molar-refractivity contribution in [3.8, 4) is 0 Å². The van der Waals surface area contributed by atoms with E-state index in [1.54, 1.807) is 6.08 Å². The Balaban J connectivity index is 2.51. The van der Waals surface area contributed by atoms with Crippen LogP contribution in [0.4, 0.5) is 0 Å². The van der Waals surface area contributed by atoms with Gasteiger partial charge in [-0.15, -0.1) is 6.58 Å². The van der Waals surface area contributed by atoms with Crippen molar-refractivity contribution in [2.75, 3.05) is 6.61 Å². The molecule has 0 atom stereocenters. The second kappa shape index (κ2) is 2.49. The zero-order chi connectivity index (χ0) is 6.69. The Morgan fingerprint density at radius 3 is 3.11 bits per heavy atom. The van der Waals surface area contributed by atoms with Crippen molar-refractivity contribution in [2.24, 2.45) is 0 Å². The van der Waals surface area contributed by atoms with Crippen LogP contribution in [0.25, 0.3) is 0 Å². The zero-order valence-corrected chi connectivity index (χ0v) is 5.09. The minimum absolute atomic E-state index is 0.230. The van der Waals surface area contributed by atoms with E-state index < -0.39 is 0 Å². The largest absolute Gasteiger partial charge is 0.458 e. The lowest BCUT2D eigenvalue weighted by molar-refractivity contribution is -0.134. The van der Waals surface area contributed by atoms with E-state index in [4.69, 9.17) is 0 Å². The van der Waals surface area contributed by atoms with Crippen LogP contribution < -0.4 is 0 Å². The Morgan fingerprint density at radius 1 is 1.89 bits per heavy atom. The summed E-state index contributed by atoms with van der Waals surface area (Å²) in [4.78, 5) is 10.4. The number of rotatable bonds is 2. The lowest BCUT2D eigenvalue weighted by atomic mass is 10.2. The van der Waals surface area contributed by atoms with Crippen LogP contribution in [-0.2, 0) is 9.53 Å². The summed E-state index contributed by atoms with van der Waals surface area (Å²) in [5, 5.41) is 0. The first-order valence-electron chi connectivity index (χ1n) is 2.80. The maximum Gasteiger partial charge on any atom is 0.331 e. The second-order valence-electron chi connectivity index (χ2n) is 1.90. The Hall–Kier alpha value is -1.05. The SMILES string of the molecule is C=CCC1=CC(=O)OC1. The first-order valence-corrected chi connectivity index (χ1v) is 2.80. The summed E-state index contributed by atoms with van der Waals surface area (Å²) in [7, 11) is 0.